The number of aromatic nitrogens is 2. The van der Waals surface area contributed by atoms with Gasteiger partial charge in [0.15, 0.2) is 6.20 Å². The Morgan fingerprint density at radius 2 is 1.57 bits per heavy atom. The van der Waals surface area contributed by atoms with Gasteiger partial charge < -0.3 is 4.57 Å². The minimum atomic E-state index is -2.14. The summed E-state index contributed by atoms with van der Waals surface area (Å²) in [5.74, 6) is 0. The first-order valence-corrected chi connectivity index (χ1v) is 9.32. The van der Waals surface area contributed by atoms with Crippen molar-refractivity contribution in [1.29, 1.82) is 0 Å². The molecular formula is C26H25N2+. The van der Waals surface area contributed by atoms with Crippen molar-refractivity contribution >= 4 is 32.6 Å². The van der Waals surface area contributed by atoms with Crippen LogP contribution in [0.15, 0.2) is 60.8 Å². The zero-order valence-corrected chi connectivity index (χ0v) is 16.2. The summed E-state index contributed by atoms with van der Waals surface area (Å²) in [5, 5.41) is 4.02. The molecule has 0 radical (unpaired) electrons. The summed E-state index contributed by atoms with van der Waals surface area (Å²) < 4.78 is 50.5. The lowest BCUT2D eigenvalue weighted by atomic mass is 10.0. The van der Waals surface area contributed by atoms with Gasteiger partial charge in [-0.25, -0.2) is 4.57 Å². The summed E-state index contributed by atoms with van der Waals surface area (Å²) >= 11 is 0. The van der Waals surface area contributed by atoms with Gasteiger partial charge in [0.2, 0.25) is 5.69 Å². The second-order valence-electron chi connectivity index (χ2n) is 7.59. The second kappa shape index (κ2) is 5.93. The Balaban J connectivity index is 1.74. The maximum Gasteiger partial charge on any atom is 0.214 e. The monoisotopic (exact) mass is 371 g/mol. The Kier molecular flexibility index (Phi) is 2.47. The topological polar surface area (TPSA) is 8.81 Å². The van der Waals surface area contributed by atoms with Crippen molar-refractivity contribution in [1.82, 2.24) is 4.57 Å². The van der Waals surface area contributed by atoms with Crippen LogP contribution in [0.4, 0.5) is 0 Å². The van der Waals surface area contributed by atoms with Gasteiger partial charge in [0, 0.05) is 37.8 Å². The maximum atomic E-state index is 7.74. The summed E-state index contributed by atoms with van der Waals surface area (Å²) in [6.45, 7) is -2.34. The molecule has 0 fully saturated rings. The first-order valence-electron chi connectivity index (χ1n) is 12.3. The molecule has 2 aromatic heterocycles. The number of benzene rings is 3. The Morgan fingerprint density at radius 3 is 2.36 bits per heavy atom. The van der Waals surface area contributed by atoms with Gasteiger partial charge >= 0.3 is 0 Å². The van der Waals surface area contributed by atoms with Gasteiger partial charge in [-0.05, 0) is 55.2 Å². The average Bonchev–Trinajstić information content (AvgIpc) is 3.00. The van der Waals surface area contributed by atoms with E-state index in [9.17, 15) is 0 Å². The molecule has 5 rings (SSSR count). The van der Waals surface area contributed by atoms with E-state index in [0.29, 0.717) is 11.1 Å². The molecule has 0 aliphatic carbocycles. The summed E-state index contributed by atoms with van der Waals surface area (Å²) in [6, 6.07) is 16.9. The lowest BCUT2D eigenvalue weighted by molar-refractivity contribution is -0.659. The minimum absolute atomic E-state index is 0.336. The van der Waals surface area contributed by atoms with Gasteiger partial charge in [-0.1, -0.05) is 41.5 Å². The van der Waals surface area contributed by atoms with Crippen molar-refractivity contribution < 1.29 is 12.8 Å². The van der Waals surface area contributed by atoms with Crippen LogP contribution in [-0.2, 0) is 14.1 Å². The molecule has 2 heteroatoms. The molecule has 0 amide bonds. The third kappa shape index (κ3) is 2.45. The van der Waals surface area contributed by atoms with E-state index < -0.39 is 13.7 Å². The number of aryl methyl sites for hydroxylation is 5. The van der Waals surface area contributed by atoms with Crippen molar-refractivity contribution in [2.45, 2.75) is 20.6 Å². The smallest absolute Gasteiger partial charge is 0.214 e. The second-order valence-corrected chi connectivity index (χ2v) is 7.59. The molecule has 5 aromatic rings. The van der Waals surface area contributed by atoms with Crippen LogP contribution in [0.25, 0.3) is 43.8 Å². The van der Waals surface area contributed by atoms with Crippen molar-refractivity contribution in [2.24, 2.45) is 14.1 Å². The first-order chi connectivity index (χ1) is 15.8. The molecule has 0 spiro atoms. The largest absolute Gasteiger partial charge is 0.343 e. The van der Waals surface area contributed by atoms with E-state index in [-0.39, 0.29) is 0 Å². The van der Waals surface area contributed by atoms with Crippen LogP contribution < -0.4 is 4.57 Å². The molecule has 0 bridgehead atoms. The third-order valence-electron chi connectivity index (χ3n) is 5.72. The van der Waals surface area contributed by atoms with Gasteiger partial charge in [0.05, 0.1) is 10.9 Å². The highest BCUT2D eigenvalue weighted by atomic mass is 15.0. The fourth-order valence-electron chi connectivity index (χ4n) is 4.25. The zero-order chi connectivity index (χ0) is 24.6. The molecule has 2 nitrogen and oxygen atoms in total. The van der Waals surface area contributed by atoms with Crippen LogP contribution in [0.2, 0.25) is 0 Å². The van der Waals surface area contributed by atoms with E-state index in [4.69, 9.17) is 8.22 Å². The molecule has 28 heavy (non-hydrogen) atoms. The van der Waals surface area contributed by atoms with Crippen molar-refractivity contribution in [3.63, 3.8) is 0 Å². The molecule has 0 N–H and O–H groups in total. The van der Waals surface area contributed by atoms with Crippen molar-refractivity contribution in [3.8, 4) is 11.3 Å². The van der Waals surface area contributed by atoms with Gasteiger partial charge in [0.1, 0.15) is 7.05 Å². The number of rotatable bonds is 1. The van der Waals surface area contributed by atoms with Crippen LogP contribution in [0.5, 0.6) is 0 Å². The molecule has 0 atom stereocenters. The summed E-state index contributed by atoms with van der Waals surface area (Å²) in [6.07, 6.45) is 2.09. The average molecular weight is 372 g/mol. The standard InChI is InChI=1S/C26H25N2/c1-16-7-9-21(18(3)10-16)24-14-26-23(15-27(24)4)22-12-20-11-17(2)6-8-19(20)13-25(22)28(26)5/h6-15H,1-5H3/q+1/i1D3,2D3. The van der Waals surface area contributed by atoms with E-state index in [1.165, 1.54) is 0 Å². The van der Waals surface area contributed by atoms with Crippen LogP contribution in [0, 0.1) is 20.6 Å². The van der Waals surface area contributed by atoms with E-state index in [1.54, 1.807) is 24.3 Å². The highest BCUT2D eigenvalue weighted by molar-refractivity contribution is 6.12. The highest BCUT2D eigenvalue weighted by Crippen LogP contribution is 2.33. The lowest BCUT2D eigenvalue weighted by Crippen LogP contribution is -2.30. The van der Waals surface area contributed by atoms with Gasteiger partial charge in [-0.15, -0.1) is 0 Å². The molecule has 138 valence electrons. The van der Waals surface area contributed by atoms with E-state index in [2.05, 4.69) is 33.5 Å². The van der Waals surface area contributed by atoms with Gasteiger partial charge in [-0.2, -0.15) is 0 Å². The number of nitrogens with zero attached hydrogens (tertiary/aromatic N) is 2. The molecule has 0 aliphatic heterocycles. The summed E-state index contributed by atoms with van der Waals surface area (Å²) in [7, 11) is 4.01. The first kappa shape index (κ1) is 11.7. The maximum absolute atomic E-state index is 7.74. The fraction of sp³-hybridized carbons (Fsp3) is 0.192. The predicted octanol–water partition coefficient (Wildman–Crippen LogP) is 5.90. The molecule has 0 saturated carbocycles. The van der Waals surface area contributed by atoms with Crippen LogP contribution in [0.3, 0.4) is 0 Å². The quantitative estimate of drug-likeness (QED) is 0.324. The Bertz CT molecular complexity index is 1610. The number of fused-ring (bicyclic) bond motifs is 4. The normalized spacial score (nSPS) is 15.8. The SMILES string of the molecule is [2H]C([2H])([2H])c1ccc(-c2cc3c(c[n+]2C)c2cc4cc(C([2H])([2H])[2H])ccc4cc2n3C)c(C)c1. The summed E-state index contributed by atoms with van der Waals surface area (Å²) in [4.78, 5) is 0. The van der Waals surface area contributed by atoms with Crippen LogP contribution >= 0.6 is 0 Å². The Hall–Kier alpha value is -3.13. The molecule has 0 unspecified atom stereocenters. The highest BCUT2D eigenvalue weighted by Gasteiger charge is 2.19. The molecular weight excluding hydrogens is 340 g/mol. The predicted molar refractivity (Wildman–Crippen MR) is 119 cm³/mol. The number of hydrogen-bond acceptors (Lipinski definition) is 0. The van der Waals surface area contributed by atoms with Crippen LogP contribution in [-0.4, -0.2) is 4.57 Å². The third-order valence-corrected chi connectivity index (χ3v) is 5.72. The van der Waals surface area contributed by atoms with Crippen LogP contribution in [0.1, 0.15) is 24.9 Å². The number of pyridine rings is 1. The Morgan fingerprint density at radius 1 is 0.821 bits per heavy atom. The molecule has 0 saturated heterocycles. The van der Waals surface area contributed by atoms with E-state index in [0.717, 1.165) is 49.4 Å². The molecule has 2 heterocycles. The lowest BCUT2D eigenvalue weighted by Gasteiger charge is -2.06. The van der Waals surface area contributed by atoms with Gasteiger partial charge in [-0.3, -0.25) is 0 Å². The number of hydrogen-bond donors (Lipinski definition) is 0. The summed E-state index contributed by atoms with van der Waals surface area (Å²) in [5.41, 5.74) is 5.67. The van der Waals surface area contributed by atoms with Crippen molar-refractivity contribution in [3.05, 3.63) is 77.5 Å². The van der Waals surface area contributed by atoms with Gasteiger partial charge in [0.25, 0.3) is 0 Å². The minimum Gasteiger partial charge on any atom is -0.343 e. The zero-order valence-electron chi connectivity index (χ0n) is 22.2. The fourth-order valence-corrected chi connectivity index (χ4v) is 4.25. The molecule has 0 aliphatic rings. The van der Waals surface area contributed by atoms with E-state index >= 15 is 0 Å². The van der Waals surface area contributed by atoms with E-state index in [1.807, 2.05) is 33.2 Å². The Labute approximate surface area is 174 Å². The van der Waals surface area contributed by atoms with Crippen molar-refractivity contribution in [2.75, 3.05) is 0 Å². The molecule has 3 aromatic carbocycles.